The van der Waals surface area contributed by atoms with Crippen LogP contribution in [0.3, 0.4) is 0 Å². The smallest absolute Gasteiger partial charge is 0.277 e. The maximum atomic E-state index is 12.4. The van der Waals surface area contributed by atoms with Gasteiger partial charge in [-0.2, -0.15) is 0 Å². The number of carbonyl (C=O) groups is 2. The monoisotopic (exact) mass is 463 g/mol. The van der Waals surface area contributed by atoms with Crippen LogP contribution in [0.15, 0.2) is 54.9 Å². The van der Waals surface area contributed by atoms with Crippen LogP contribution >= 0.6 is 24.8 Å². The number of halogens is 2. The number of nitrogens with one attached hydrogen (secondary N) is 3. The van der Waals surface area contributed by atoms with Gasteiger partial charge in [-0.3, -0.25) is 9.59 Å². The van der Waals surface area contributed by atoms with Gasteiger partial charge in [0.1, 0.15) is 5.82 Å². The summed E-state index contributed by atoms with van der Waals surface area (Å²) in [5, 5.41) is 16.8. The van der Waals surface area contributed by atoms with Gasteiger partial charge in [-0.15, -0.1) is 29.9 Å². The van der Waals surface area contributed by atoms with Crippen LogP contribution in [0, 0.1) is 0 Å². The standard InChI is InChI=1S/C20H21N7O2.2ClH/c28-19(14-4-2-1-3-5-14)24-18-7-6-15(12-22-18)23-20(29)17-13-27(26-25-17)16-8-10-21-11-9-16;;/h1-7,12-13,16,21H,8-11H2,(H,23,29)(H,22,24,28);2*1H. The van der Waals surface area contributed by atoms with Crippen LogP contribution in [-0.4, -0.2) is 44.9 Å². The average Bonchev–Trinajstić information content (AvgIpc) is 3.27. The molecule has 3 heterocycles. The molecular formula is C20H23Cl2N7O2. The Balaban J connectivity index is 0.00000171. The van der Waals surface area contributed by atoms with Gasteiger partial charge in [-0.05, 0) is 50.2 Å². The first-order chi connectivity index (χ1) is 14.2. The molecule has 1 fully saturated rings. The van der Waals surface area contributed by atoms with Crippen molar-refractivity contribution in [2.45, 2.75) is 18.9 Å². The first-order valence-corrected chi connectivity index (χ1v) is 9.45. The van der Waals surface area contributed by atoms with Crippen LogP contribution in [0.4, 0.5) is 11.5 Å². The lowest BCUT2D eigenvalue weighted by Crippen LogP contribution is -2.29. The summed E-state index contributed by atoms with van der Waals surface area (Å²) < 4.78 is 1.76. The Hall–Kier alpha value is -3.01. The van der Waals surface area contributed by atoms with E-state index in [2.05, 4.69) is 31.2 Å². The molecule has 0 radical (unpaired) electrons. The number of anilines is 2. The first kappa shape index (κ1) is 24.3. The molecule has 2 amide bonds. The van der Waals surface area contributed by atoms with E-state index in [1.54, 1.807) is 47.3 Å². The number of rotatable bonds is 5. The molecule has 0 atom stereocenters. The molecule has 4 rings (SSSR count). The predicted octanol–water partition coefficient (Wildman–Crippen LogP) is 2.95. The third kappa shape index (κ3) is 6.24. The maximum absolute atomic E-state index is 12.4. The summed E-state index contributed by atoms with van der Waals surface area (Å²) in [6.45, 7) is 1.87. The molecule has 3 aromatic rings. The molecular weight excluding hydrogens is 441 g/mol. The number of aromatic nitrogens is 4. The number of amides is 2. The predicted molar refractivity (Wildman–Crippen MR) is 122 cm³/mol. The Morgan fingerprint density at radius 3 is 2.39 bits per heavy atom. The number of hydrogen-bond donors (Lipinski definition) is 3. The number of hydrogen-bond acceptors (Lipinski definition) is 6. The largest absolute Gasteiger partial charge is 0.319 e. The summed E-state index contributed by atoms with van der Waals surface area (Å²) in [5.74, 6) is -0.203. The van der Waals surface area contributed by atoms with Crippen LogP contribution in [0.25, 0.3) is 0 Å². The van der Waals surface area contributed by atoms with E-state index in [4.69, 9.17) is 0 Å². The van der Waals surface area contributed by atoms with E-state index in [1.807, 2.05) is 6.07 Å². The summed E-state index contributed by atoms with van der Waals surface area (Å²) in [5.41, 5.74) is 1.30. The average molecular weight is 464 g/mol. The molecule has 11 heteroatoms. The van der Waals surface area contributed by atoms with Crippen LogP contribution in [-0.2, 0) is 0 Å². The minimum absolute atomic E-state index is 0. The zero-order valence-corrected chi connectivity index (χ0v) is 18.2. The number of carbonyl (C=O) groups excluding carboxylic acids is 2. The van der Waals surface area contributed by atoms with E-state index in [-0.39, 0.29) is 48.4 Å². The van der Waals surface area contributed by atoms with Crippen molar-refractivity contribution in [3.05, 3.63) is 66.1 Å². The summed E-state index contributed by atoms with van der Waals surface area (Å²) in [6.07, 6.45) is 5.08. The van der Waals surface area contributed by atoms with Gasteiger partial charge in [0.25, 0.3) is 11.8 Å². The third-order valence-corrected chi connectivity index (χ3v) is 4.72. The highest BCUT2D eigenvalue weighted by Gasteiger charge is 2.19. The molecule has 0 unspecified atom stereocenters. The molecule has 0 spiro atoms. The van der Waals surface area contributed by atoms with Crippen molar-refractivity contribution < 1.29 is 9.59 Å². The second-order valence-corrected chi connectivity index (χ2v) is 6.77. The van der Waals surface area contributed by atoms with E-state index in [9.17, 15) is 9.59 Å². The van der Waals surface area contributed by atoms with E-state index in [1.165, 1.54) is 6.20 Å². The van der Waals surface area contributed by atoms with Crippen molar-refractivity contribution >= 4 is 48.1 Å². The number of benzene rings is 1. The summed E-state index contributed by atoms with van der Waals surface area (Å²) >= 11 is 0. The molecule has 164 valence electrons. The maximum Gasteiger partial charge on any atom is 0.277 e. The van der Waals surface area contributed by atoms with Gasteiger partial charge < -0.3 is 16.0 Å². The van der Waals surface area contributed by atoms with Gasteiger partial charge >= 0.3 is 0 Å². The lowest BCUT2D eigenvalue weighted by molar-refractivity contribution is 0.101. The van der Waals surface area contributed by atoms with Crippen molar-refractivity contribution in [3.63, 3.8) is 0 Å². The number of nitrogens with zero attached hydrogens (tertiary/aromatic N) is 4. The fourth-order valence-corrected chi connectivity index (χ4v) is 3.15. The third-order valence-electron chi connectivity index (χ3n) is 4.72. The van der Waals surface area contributed by atoms with Gasteiger partial charge in [0.15, 0.2) is 5.69 Å². The normalized spacial score (nSPS) is 13.4. The fourth-order valence-electron chi connectivity index (χ4n) is 3.15. The highest BCUT2D eigenvalue weighted by molar-refractivity contribution is 6.04. The molecule has 0 aliphatic carbocycles. The Morgan fingerprint density at radius 1 is 0.968 bits per heavy atom. The highest BCUT2D eigenvalue weighted by atomic mass is 35.5. The van der Waals surface area contributed by atoms with Gasteiger partial charge in [0, 0.05) is 5.56 Å². The number of pyridine rings is 1. The topological polar surface area (TPSA) is 114 Å². The number of piperidine rings is 1. The van der Waals surface area contributed by atoms with E-state index in [0.717, 1.165) is 25.9 Å². The zero-order valence-electron chi connectivity index (χ0n) is 16.5. The molecule has 1 aliphatic rings. The highest BCUT2D eigenvalue weighted by Crippen LogP contribution is 2.18. The summed E-state index contributed by atoms with van der Waals surface area (Å²) in [7, 11) is 0. The van der Waals surface area contributed by atoms with Crippen LogP contribution < -0.4 is 16.0 Å². The second-order valence-electron chi connectivity index (χ2n) is 6.77. The zero-order chi connectivity index (χ0) is 20.1. The first-order valence-electron chi connectivity index (χ1n) is 9.45. The van der Waals surface area contributed by atoms with Crippen molar-refractivity contribution in [3.8, 4) is 0 Å². The van der Waals surface area contributed by atoms with Gasteiger partial charge in [-0.25, -0.2) is 9.67 Å². The minimum atomic E-state index is -0.354. The van der Waals surface area contributed by atoms with Gasteiger partial charge in [0.2, 0.25) is 0 Å². The molecule has 1 aromatic carbocycles. The van der Waals surface area contributed by atoms with E-state index in [0.29, 0.717) is 17.1 Å². The van der Waals surface area contributed by atoms with Crippen molar-refractivity contribution in [1.29, 1.82) is 0 Å². The fraction of sp³-hybridized carbons (Fsp3) is 0.250. The van der Waals surface area contributed by atoms with Crippen LogP contribution in [0.1, 0.15) is 39.7 Å². The SMILES string of the molecule is Cl.Cl.O=C(Nc1ccc(NC(=O)c2cn(C3CCNCC3)nn2)cn1)c1ccccc1. The van der Waals surface area contributed by atoms with Crippen LogP contribution in [0.5, 0.6) is 0 Å². The molecule has 2 aromatic heterocycles. The van der Waals surface area contributed by atoms with E-state index < -0.39 is 0 Å². The van der Waals surface area contributed by atoms with Crippen molar-refractivity contribution in [1.82, 2.24) is 25.3 Å². The molecule has 3 N–H and O–H groups in total. The Kier molecular flexibility index (Phi) is 8.92. The van der Waals surface area contributed by atoms with Crippen molar-refractivity contribution in [2.75, 3.05) is 23.7 Å². The quantitative estimate of drug-likeness (QED) is 0.535. The minimum Gasteiger partial charge on any atom is -0.319 e. The van der Waals surface area contributed by atoms with Gasteiger partial charge in [0.05, 0.1) is 24.1 Å². The van der Waals surface area contributed by atoms with Crippen molar-refractivity contribution in [2.24, 2.45) is 0 Å². The lowest BCUT2D eigenvalue weighted by atomic mass is 10.1. The summed E-state index contributed by atoms with van der Waals surface area (Å²) in [6, 6.07) is 12.4. The molecule has 0 saturated carbocycles. The van der Waals surface area contributed by atoms with Gasteiger partial charge in [-0.1, -0.05) is 23.4 Å². The Bertz CT molecular complexity index is 990. The Labute approximate surface area is 191 Å². The molecule has 31 heavy (non-hydrogen) atoms. The molecule has 9 nitrogen and oxygen atoms in total. The lowest BCUT2D eigenvalue weighted by Gasteiger charge is -2.22. The van der Waals surface area contributed by atoms with E-state index >= 15 is 0 Å². The Morgan fingerprint density at radius 2 is 1.71 bits per heavy atom. The van der Waals surface area contributed by atoms with Crippen LogP contribution in [0.2, 0.25) is 0 Å². The second kappa shape index (κ2) is 11.4. The molecule has 1 aliphatic heterocycles. The summed E-state index contributed by atoms with van der Waals surface area (Å²) in [4.78, 5) is 28.7. The molecule has 0 bridgehead atoms. The molecule has 1 saturated heterocycles.